The fourth-order valence-electron chi connectivity index (χ4n) is 1.46. The van der Waals surface area contributed by atoms with Crippen molar-refractivity contribution >= 4 is 0 Å². The Hall–Kier alpha value is -1.56. The fourth-order valence-corrected chi connectivity index (χ4v) is 1.46. The van der Waals surface area contributed by atoms with Gasteiger partial charge in [0.1, 0.15) is 0 Å². The van der Waals surface area contributed by atoms with Crippen molar-refractivity contribution in [1.29, 1.82) is 0 Å². The van der Waals surface area contributed by atoms with Gasteiger partial charge in [0, 0.05) is 5.92 Å². The Morgan fingerprint density at radius 2 is 1.38 bits per heavy atom. The molecule has 0 aromatic carbocycles. The minimum Gasteiger partial charge on any atom is -0.0732 e. The fraction of sp³-hybridized carbons (Fsp3) is 0.0769. The van der Waals surface area contributed by atoms with Crippen LogP contribution in [0.15, 0.2) is 72.4 Å². The van der Waals surface area contributed by atoms with E-state index in [0.29, 0.717) is 5.92 Å². The van der Waals surface area contributed by atoms with Crippen LogP contribution < -0.4 is 0 Å². The van der Waals surface area contributed by atoms with Crippen LogP contribution in [0.3, 0.4) is 0 Å². The normalized spacial score (nSPS) is 24.6. The highest BCUT2D eigenvalue weighted by molar-refractivity contribution is 5.40. The molecule has 0 amide bonds. The Morgan fingerprint density at radius 1 is 0.692 bits per heavy atom. The van der Waals surface area contributed by atoms with Crippen molar-refractivity contribution in [2.75, 3.05) is 0 Å². The van der Waals surface area contributed by atoms with Crippen LogP contribution in [0.5, 0.6) is 0 Å². The monoisotopic (exact) mass is 168 g/mol. The average molecular weight is 168 g/mol. The van der Waals surface area contributed by atoms with E-state index in [1.165, 1.54) is 5.57 Å². The summed E-state index contributed by atoms with van der Waals surface area (Å²) in [6.07, 6.45) is 23.2. The van der Waals surface area contributed by atoms with Gasteiger partial charge in [0.25, 0.3) is 0 Å². The first-order valence-corrected chi connectivity index (χ1v) is 4.53. The van der Waals surface area contributed by atoms with Gasteiger partial charge in [0.2, 0.25) is 0 Å². The summed E-state index contributed by atoms with van der Waals surface area (Å²) in [7, 11) is 0. The number of hydrogen-bond acceptors (Lipinski definition) is 0. The van der Waals surface area contributed by atoms with Crippen molar-refractivity contribution in [2.24, 2.45) is 5.92 Å². The Labute approximate surface area is 79.0 Å². The molecule has 0 saturated carbocycles. The van der Waals surface area contributed by atoms with Crippen LogP contribution in [-0.4, -0.2) is 0 Å². The van der Waals surface area contributed by atoms with Crippen molar-refractivity contribution in [2.45, 2.75) is 0 Å². The second kappa shape index (κ2) is 3.90. The molecular formula is C13H12. The maximum atomic E-state index is 2.20. The summed E-state index contributed by atoms with van der Waals surface area (Å²) in [5.74, 6) is 0.465. The third-order valence-corrected chi connectivity index (χ3v) is 2.15. The number of hydrogen-bond donors (Lipinski definition) is 0. The van der Waals surface area contributed by atoms with E-state index >= 15 is 0 Å². The van der Waals surface area contributed by atoms with E-state index in [4.69, 9.17) is 0 Å². The Balaban J connectivity index is 2.28. The third kappa shape index (κ3) is 1.97. The molecule has 0 aliphatic heterocycles. The van der Waals surface area contributed by atoms with Crippen molar-refractivity contribution < 1.29 is 0 Å². The number of fused-ring (bicyclic) bond motifs is 1. The zero-order valence-corrected chi connectivity index (χ0v) is 7.43. The second-order valence-electron chi connectivity index (χ2n) is 3.09. The molecule has 0 aromatic rings. The van der Waals surface area contributed by atoms with Gasteiger partial charge in [-0.3, -0.25) is 0 Å². The smallest absolute Gasteiger partial charge is 0.0204 e. The van der Waals surface area contributed by atoms with Gasteiger partial charge < -0.3 is 0 Å². The lowest BCUT2D eigenvalue weighted by Gasteiger charge is -2.03. The molecule has 0 aromatic heterocycles. The van der Waals surface area contributed by atoms with E-state index in [9.17, 15) is 0 Å². The average Bonchev–Trinajstić information content (AvgIpc) is 2.59. The topological polar surface area (TPSA) is 0 Å². The van der Waals surface area contributed by atoms with Crippen molar-refractivity contribution in [3.63, 3.8) is 0 Å². The molecule has 0 N–H and O–H groups in total. The molecule has 64 valence electrons. The van der Waals surface area contributed by atoms with E-state index in [2.05, 4.69) is 48.6 Å². The van der Waals surface area contributed by atoms with Crippen LogP contribution in [-0.2, 0) is 0 Å². The predicted octanol–water partition coefficient (Wildman–Crippen LogP) is 3.34. The summed E-state index contributed by atoms with van der Waals surface area (Å²) in [6, 6.07) is 0. The first kappa shape index (κ1) is 8.06. The third-order valence-electron chi connectivity index (χ3n) is 2.15. The molecule has 0 nitrogen and oxygen atoms in total. The van der Waals surface area contributed by atoms with Crippen LogP contribution in [0.25, 0.3) is 0 Å². The van der Waals surface area contributed by atoms with Gasteiger partial charge >= 0.3 is 0 Å². The lowest BCUT2D eigenvalue weighted by atomic mass is 10.0. The molecule has 2 aliphatic rings. The van der Waals surface area contributed by atoms with Crippen LogP contribution in [0.2, 0.25) is 0 Å². The maximum absolute atomic E-state index is 2.20. The highest BCUT2D eigenvalue weighted by Gasteiger charge is 2.07. The molecule has 0 saturated heterocycles. The standard InChI is InChI=1S/C13H12/c1-2-4-6-9-13-11-7-10-12(13)8-5-3-1/h1-12H. The molecule has 0 radical (unpaired) electrons. The summed E-state index contributed by atoms with van der Waals surface area (Å²) in [5.41, 5.74) is 1.36. The van der Waals surface area contributed by atoms with E-state index in [0.717, 1.165) is 0 Å². The lowest BCUT2D eigenvalue weighted by Crippen LogP contribution is -1.90. The molecular weight excluding hydrogens is 156 g/mol. The number of rotatable bonds is 0. The van der Waals surface area contributed by atoms with E-state index in [1.807, 2.05) is 18.2 Å². The molecule has 1 atom stereocenters. The highest BCUT2D eigenvalue weighted by Crippen LogP contribution is 2.22. The van der Waals surface area contributed by atoms with E-state index < -0.39 is 0 Å². The zero-order valence-electron chi connectivity index (χ0n) is 7.43. The SMILES string of the molecule is C1=CC=CC2=CC=CC2C=CC=C1. The Kier molecular flexibility index (Phi) is 2.42. The van der Waals surface area contributed by atoms with Gasteiger partial charge in [-0.25, -0.2) is 0 Å². The quantitative estimate of drug-likeness (QED) is 0.520. The zero-order chi connectivity index (χ0) is 8.93. The maximum Gasteiger partial charge on any atom is 0.0204 e. The van der Waals surface area contributed by atoms with Gasteiger partial charge in [-0.1, -0.05) is 66.8 Å². The summed E-state index contributed by atoms with van der Waals surface area (Å²) < 4.78 is 0. The lowest BCUT2D eigenvalue weighted by molar-refractivity contribution is 1.03. The van der Waals surface area contributed by atoms with Crippen molar-refractivity contribution in [3.8, 4) is 0 Å². The van der Waals surface area contributed by atoms with Gasteiger partial charge in [0.05, 0.1) is 0 Å². The molecule has 2 aliphatic carbocycles. The summed E-state index contributed by atoms with van der Waals surface area (Å²) >= 11 is 0. The molecule has 13 heavy (non-hydrogen) atoms. The van der Waals surface area contributed by atoms with Crippen molar-refractivity contribution in [3.05, 3.63) is 72.4 Å². The molecule has 0 heterocycles. The Bertz CT molecular complexity index is 346. The molecule has 0 bridgehead atoms. The van der Waals surface area contributed by atoms with E-state index in [-0.39, 0.29) is 0 Å². The molecule has 1 unspecified atom stereocenters. The van der Waals surface area contributed by atoms with Crippen LogP contribution >= 0.6 is 0 Å². The number of allylic oxidation sites excluding steroid dienone is 12. The summed E-state index contributed by atoms with van der Waals surface area (Å²) in [4.78, 5) is 0. The Morgan fingerprint density at radius 3 is 2.31 bits per heavy atom. The van der Waals surface area contributed by atoms with E-state index in [1.54, 1.807) is 0 Å². The molecule has 0 spiro atoms. The molecule has 0 fully saturated rings. The van der Waals surface area contributed by atoms with Gasteiger partial charge in [0.15, 0.2) is 0 Å². The van der Waals surface area contributed by atoms with Gasteiger partial charge in [-0.15, -0.1) is 0 Å². The summed E-state index contributed by atoms with van der Waals surface area (Å²) in [5, 5.41) is 0. The molecule has 2 rings (SSSR count). The highest BCUT2D eigenvalue weighted by atomic mass is 14.1. The summed E-state index contributed by atoms with van der Waals surface area (Å²) in [6.45, 7) is 0. The second-order valence-corrected chi connectivity index (χ2v) is 3.09. The first-order chi connectivity index (χ1) is 6.47. The van der Waals surface area contributed by atoms with Crippen molar-refractivity contribution in [1.82, 2.24) is 0 Å². The molecule has 0 heteroatoms. The predicted molar refractivity (Wildman–Crippen MR) is 57.3 cm³/mol. The first-order valence-electron chi connectivity index (χ1n) is 4.53. The minimum atomic E-state index is 0.465. The van der Waals surface area contributed by atoms with Gasteiger partial charge in [-0.2, -0.15) is 0 Å². The largest absolute Gasteiger partial charge is 0.0732 e. The van der Waals surface area contributed by atoms with Gasteiger partial charge in [-0.05, 0) is 5.57 Å². The van der Waals surface area contributed by atoms with Crippen LogP contribution in [0.1, 0.15) is 0 Å². The van der Waals surface area contributed by atoms with Crippen LogP contribution in [0, 0.1) is 5.92 Å². The van der Waals surface area contributed by atoms with Crippen LogP contribution in [0.4, 0.5) is 0 Å². The minimum absolute atomic E-state index is 0.465.